The number of nitrogens with zero attached hydrogens (tertiary/aromatic N) is 2. The van der Waals surface area contributed by atoms with Gasteiger partial charge in [0.15, 0.2) is 5.92 Å². The smallest absolute Gasteiger partial charge is 0.338 e. The first-order chi connectivity index (χ1) is 13.9. The predicted molar refractivity (Wildman–Crippen MR) is 101 cm³/mol. The van der Waals surface area contributed by atoms with E-state index < -0.39 is 35.5 Å². The zero-order valence-corrected chi connectivity index (χ0v) is 15.3. The van der Waals surface area contributed by atoms with Crippen LogP contribution in [0.5, 0.6) is 0 Å². The van der Waals surface area contributed by atoms with E-state index in [-0.39, 0.29) is 12.3 Å². The van der Waals surface area contributed by atoms with E-state index in [1.807, 2.05) is 0 Å². The predicted octanol–water partition coefficient (Wildman–Crippen LogP) is 2.60. The summed E-state index contributed by atoms with van der Waals surface area (Å²) in [5, 5.41) is 2.08. The Hall–Kier alpha value is -3.88. The van der Waals surface area contributed by atoms with Crippen LogP contribution in [0.15, 0.2) is 53.5 Å². The summed E-state index contributed by atoms with van der Waals surface area (Å²) < 4.78 is 18.0. The Bertz CT molecular complexity index is 986. The van der Waals surface area contributed by atoms with E-state index in [1.54, 1.807) is 6.92 Å². The Morgan fingerprint density at radius 3 is 2.41 bits per heavy atom. The number of carbonyl (C=O) groups excluding carboxylic acids is 4. The number of nitrogens with one attached hydrogen (secondary N) is 1. The number of urea groups is 1. The van der Waals surface area contributed by atoms with Crippen LogP contribution in [-0.4, -0.2) is 36.6 Å². The fraction of sp³-hybridized carbons (Fsp3) is 0.150. The largest absolute Gasteiger partial charge is 0.462 e. The number of rotatable bonds is 5. The number of hydrogen-bond acceptors (Lipinski definition) is 6. The number of barbiturate groups is 1. The molecule has 2 aromatic carbocycles. The third kappa shape index (κ3) is 4.34. The molecule has 29 heavy (non-hydrogen) atoms. The molecular weight excluding hydrogens is 381 g/mol. The molecule has 0 bridgehead atoms. The number of aliphatic imine (C=N–C) groups is 1. The van der Waals surface area contributed by atoms with Crippen molar-refractivity contribution in [1.29, 1.82) is 0 Å². The first kappa shape index (κ1) is 19.9. The van der Waals surface area contributed by atoms with Crippen LogP contribution in [0.3, 0.4) is 0 Å². The highest BCUT2D eigenvalue weighted by atomic mass is 19.1. The van der Waals surface area contributed by atoms with Crippen molar-refractivity contribution in [2.75, 3.05) is 11.5 Å². The van der Waals surface area contributed by atoms with Crippen LogP contribution in [0.25, 0.3) is 0 Å². The van der Waals surface area contributed by atoms with E-state index in [4.69, 9.17) is 4.74 Å². The molecule has 1 fully saturated rings. The second-order valence-electron chi connectivity index (χ2n) is 5.97. The highest BCUT2D eigenvalue weighted by Gasteiger charge is 2.40. The standard InChI is InChI=1S/C20H16FN3O5/c1-2-29-19(27)12-3-7-14(8-4-12)22-11-16-17(25)23-20(28)24(18(16)26)15-9-5-13(21)6-10-15/h3-11,16H,2H2,1H3,(H,23,25,28). The molecule has 1 heterocycles. The fourth-order valence-corrected chi connectivity index (χ4v) is 2.62. The number of hydrogen-bond donors (Lipinski definition) is 1. The highest BCUT2D eigenvalue weighted by Crippen LogP contribution is 2.21. The minimum Gasteiger partial charge on any atom is -0.462 e. The van der Waals surface area contributed by atoms with Crippen molar-refractivity contribution in [1.82, 2.24) is 5.32 Å². The average molecular weight is 397 g/mol. The van der Waals surface area contributed by atoms with E-state index in [0.717, 1.165) is 23.2 Å². The van der Waals surface area contributed by atoms with Crippen molar-refractivity contribution in [2.24, 2.45) is 10.9 Å². The van der Waals surface area contributed by atoms with E-state index in [9.17, 15) is 23.6 Å². The van der Waals surface area contributed by atoms with E-state index in [1.165, 1.54) is 36.4 Å². The number of anilines is 1. The number of amides is 4. The summed E-state index contributed by atoms with van der Waals surface area (Å²) >= 11 is 0. The molecule has 1 atom stereocenters. The van der Waals surface area contributed by atoms with E-state index >= 15 is 0 Å². The van der Waals surface area contributed by atoms with Gasteiger partial charge in [0.2, 0.25) is 5.91 Å². The van der Waals surface area contributed by atoms with Crippen molar-refractivity contribution in [2.45, 2.75) is 6.92 Å². The lowest BCUT2D eigenvalue weighted by molar-refractivity contribution is -0.131. The van der Waals surface area contributed by atoms with Gasteiger partial charge in [-0.25, -0.2) is 18.9 Å². The molecule has 8 nitrogen and oxygen atoms in total. The second-order valence-corrected chi connectivity index (χ2v) is 5.97. The van der Waals surface area contributed by atoms with Gasteiger partial charge in [0.05, 0.1) is 23.5 Å². The number of esters is 1. The maximum Gasteiger partial charge on any atom is 0.338 e. The summed E-state index contributed by atoms with van der Waals surface area (Å²) in [6.45, 7) is 1.95. The summed E-state index contributed by atoms with van der Waals surface area (Å²) in [5.41, 5.74) is 0.854. The Kier molecular flexibility index (Phi) is 5.77. The topological polar surface area (TPSA) is 105 Å². The molecule has 1 aliphatic heterocycles. The summed E-state index contributed by atoms with van der Waals surface area (Å²) in [7, 11) is 0. The molecule has 0 aliphatic carbocycles. The molecule has 2 aromatic rings. The first-order valence-electron chi connectivity index (χ1n) is 8.66. The first-order valence-corrected chi connectivity index (χ1v) is 8.66. The summed E-state index contributed by atoms with van der Waals surface area (Å²) in [6.07, 6.45) is 1.11. The molecule has 1 aliphatic rings. The molecule has 4 amide bonds. The van der Waals surface area contributed by atoms with Crippen molar-refractivity contribution < 1.29 is 28.3 Å². The molecule has 1 saturated heterocycles. The molecule has 0 radical (unpaired) electrons. The van der Waals surface area contributed by atoms with Crippen molar-refractivity contribution >= 4 is 41.4 Å². The Balaban J connectivity index is 1.79. The molecule has 9 heteroatoms. The van der Waals surface area contributed by atoms with Gasteiger partial charge in [0.1, 0.15) is 5.82 Å². The van der Waals surface area contributed by atoms with Crippen LogP contribution in [0.2, 0.25) is 0 Å². The van der Waals surface area contributed by atoms with Crippen LogP contribution in [0, 0.1) is 11.7 Å². The minimum absolute atomic E-state index is 0.124. The number of halogens is 1. The van der Waals surface area contributed by atoms with Gasteiger partial charge in [-0.3, -0.25) is 19.9 Å². The van der Waals surface area contributed by atoms with Gasteiger partial charge < -0.3 is 4.74 Å². The number of carbonyl (C=O) groups is 4. The Morgan fingerprint density at radius 2 is 1.79 bits per heavy atom. The maximum atomic E-state index is 13.1. The number of imide groups is 2. The molecule has 1 N–H and O–H groups in total. The van der Waals surface area contributed by atoms with Crippen molar-refractivity contribution in [3.05, 3.63) is 59.9 Å². The van der Waals surface area contributed by atoms with E-state index in [2.05, 4.69) is 10.3 Å². The summed E-state index contributed by atoms with van der Waals surface area (Å²) in [5.74, 6) is -3.97. The zero-order chi connectivity index (χ0) is 21.0. The summed E-state index contributed by atoms with van der Waals surface area (Å²) in [6, 6.07) is 9.84. The molecular formula is C20H16FN3O5. The highest BCUT2D eigenvalue weighted by molar-refractivity contribution is 6.32. The molecule has 0 saturated carbocycles. The SMILES string of the molecule is CCOC(=O)c1ccc(N=CC2C(=O)NC(=O)N(c3ccc(F)cc3)C2=O)cc1. The minimum atomic E-state index is -1.34. The van der Waals surface area contributed by atoms with Gasteiger partial charge in [-0.2, -0.15) is 0 Å². The third-order valence-electron chi connectivity index (χ3n) is 4.04. The molecule has 3 rings (SSSR count). The maximum absolute atomic E-state index is 13.1. The normalized spacial score (nSPS) is 16.8. The van der Waals surface area contributed by atoms with Crippen molar-refractivity contribution in [3.63, 3.8) is 0 Å². The lowest BCUT2D eigenvalue weighted by Crippen LogP contribution is -2.58. The molecule has 0 spiro atoms. The number of ether oxygens (including phenoxy) is 1. The number of benzene rings is 2. The Labute approximate surface area is 165 Å². The fourth-order valence-electron chi connectivity index (χ4n) is 2.62. The van der Waals surface area contributed by atoms with Gasteiger partial charge in [-0.1, -0.05) is 0 Å². The quantitative estimate of drug-likeness (QED) is 0.474. The van der Waals surface area contributed by atoms with Crippen LogP contribution >= 0.6 is 0 Å². The lowest BCUT2D eigenvalue weighted by atomic mass is 10.1. The molecule has 1 unspecified atom stereocenters. The van der Waals surface area contributed by atoms with Crippen LogP contribution in [0.4, 0.5) is 20.6 Å². The van der Waals surface area contributed by atoms with Crippen LogP contribution < -0.4 is 10.2 Å². The van der Waals surface area contributed by atoms with Gasteiger partial charge in [-0.15, -0.1) is 0 Å². The van der Waals surface area contributed by atoms with Crippen LogP contribution in [-0.2, 0) is 14.3 Å². The van der Waals surface area contributed by atoms with Gasteiger partial charge in [0, 0.05) is 6.21 Å². The Morgan fingerprint density at radius 1 is 1.14 bits per heavy atom. The summed E-state index contributed by atoms with van der Waals surface area (Å²) in [4.78, 5) is 53.3. The lowest BCUT2D eigenvalue weighted by Gasteiger charge is -2.28. The van der Waals surface area contributed by atoms with Gasteiger partial charge >= 0.3 is 12.0 Å². The van der Waals surface area contributed by atoms with E-state index in [0.29, 0.717) is 11.3 Å². The van der Waals surface area contributed by atoms with Crippen molar-refractivity contribution in [3.8, 4) is 0 Å². The van der Waals surface area contributed by atoms with Gasteiger partial charge in [-0.05, 0) is 55.5 Å². The van der Waals surface area contributed by atoms with Gasteiger partial charge in [0.25, 0.3) is 5.91 Å². The molecule has 0 aromatic heterocycles. The third-order valence-corrected chi connectivity index (χ3v) is 4.04. The average Bonchev–Trinajstić information content (AvgIpc) is 2.69. The monoisotopic (exact) mass is 397 g/mol. The second kappa shape index (κ2) is 8.42. The zero-order valence-electron chi connectivity index (χ0n) is 15.3. The van der Waals surface area contributed by atoms with Crippen LogP contribution in [0.1, 0.15) is 17.3 Å². The molecule has 148 valence electrons.